The molecule has 112 valence electrons. The van der Waals surface area contributed by atoms with Crippen LogP contribution in [0.5, 0.6) is 0 Å². The molecule has 1 spiro atoms. The van der Waals surface area contributed by atoms with Crippen molar-refractivity contribution in [2.75, 3.05) is 19.7 Å². The predicted molar refractivity (Wildman–Crippen MR) is 73.8 cm³/mol. The molecular formula is C15H24N2O3. The lowest BCUT2D eigenvalue weighted by atomic mass is 9.72. The third-order valence-electron chi connectivity index (χ3n) is 5.28. The minimum absolute atomic E-state index is 0.113. The zero-order valence-electron chi connectivity index (χ0n) is 12.0. The smallest absolute Gasteiger partial charge is 0.226 e. The molecule has 3 fully saturated rings. The standard InChI is InChI=1S/C15H24N2O3/c16-13(18)11-4-5-12(11)14(19)17-8-9-20-15(10-17)6-2-1-3-7-15/h11-12H,1-10H2,(H2,16,18)/t11-,12-/m0/s1. The van der Waals surface area contributed by atoms with Gasteiger partial charge in [0.15, 0.2) is 0 Å². The van der Waals surface area contributed by atoms with Gasteiger partial charge < -0.3 is 15.4 Å². The molecule has 0 bridgehead atoms. The Morgan fingerprint density at radius 2 is 1.80 bits per heavy atom. The molecule has 3 aliphatic rings. The van der Waals surface area contributed by atoms with E-state index in [9.17, 15) is 9.59 Å². The van der Waals surface area contributed by atoms with Crippen LogP contribution in [0.15, 0.2) is 0 Å². The van der Waals surface area contributed by atoms with Gasteiger partial charge in [0.05, 0.1) is 12.2 Å². The van der Waals surface area contributed by atoms with E-state index < -0.39 is 0 Å². The third kappa shape index (κ3) is 2.43. The van der Waals surface area contributed by atoms with E-state index in [-0.39, 0.29) is 29.3 Å². The maximum Gasteiger partial charge on any atom is 0.226 e. The SMILES string of the molecule is NC(=O)[C@H]1CC[C@@H]1C(=O)N1CCOC2(CCCCC2)C1. The largest absolute Gasteiger partial charge is 0.371 e. The minimum Gasteiger partial charge on any atom is -0.371 e. The molecule has 20 heavy (non-hydrogen) atoms. The summed E-state index contributed by atoms with van der Waals surface area (Å²) in [6.45, 7) is 1.98. The molecule has 0 unspecified atom stereocenters. The van der Waals surface area contributed by atoms with Crippen LogP contribution in [-0.2, 0) is 14.3 Å². The third-order valence-corrected chi connectivity index (χ3v) is 5.28. The molecule has 5 heteroatoms. The Bertz CT molecular complexity index is 398. The molecule has 1 saturated heterocycles. The lowest BCUT2D eigenvalue weighted by Gasteiger charge is -2.47. The quantitative estimate of drug-likeness (QED) is 0.822. The molecule has 0 aromatic rings. The second-order valence-corrected chi connectivity index (χ2v) is 6.54. The molecule has 2 saturated carbocycles. The van der Waals surface area contributed by atoms with Crippen LogP contribution >= 0.6 is 0 Å². The van der Waals surface area contributed by atoms with Crippen LogP contribution in [0.25, 0.3) is 0 Å². The summed E-state index contributed by atoms with van der Waals surface area (Å²) in [6, 6.07) is 0. The number of nitrogens with two attached hydrogens (primary N) is 1. The highest BCUT2D eigenvalue weighted by atomic mass is 16.5. The van der Waals surface area contributed by atoms with Crippen molar-refractivity contribution in [3.8, 4) is 0 Å². The first kappa shape index (κ1) is 13.9. The highest BCUT2D eigenvalue weighted by molar-refractivity contribution is 5.88. The Kier molecular flexibility index (Phi) is 3.71. The highest BCUT2D eigenvalue weighted by Crippen LogP contribution is 2.38. The average Bonchev–Trinajstić information content (AvgIpc) is 2.37. The van der Waals surface area contributed by atoms with Crippen molar-refractivity contribution < 1.29 is 14.3 Å². The molecule has 3 rings (SSSR count). The minimum atomic E-state index is -0.324. The van der Waals surface area contributed by atoms with E-state index in [1.807, 2.05) is 4.90 Å². The van der Waals surface area contributed by atoms with Crippen LogP contribution in [0.4, 0.5) is 0 Å². The zero-order chi connectivity index (χ0) is 14.2. The van der Waals surface area contributed by atoms with Gasteiger partial charge in [-0.1, -0.05) is 19.3 Å². The van der Waals surface area contributed by atoms with Crippen LogP contribution in [0.2, 0.25) is 0 Å². The number of ether oxygens (including phenoxy) is 1. The number of nitrogens with zero attached hydrogens (tertiary/aromatic N) is 1. The lowest BCUT2D eigenvalue weighted by Crippen LogP contribution is -2.57. The molecule has 0 aromatic carbocycles. The Hall–Kier alpha value is -1.10. The second kappa shape index (κ2) is 5.35. The first-order chi connectivity index (χ1) is 9.61. The molecule has 2 aliphatic carbocycles. The Balaban J connectivity index is 1.64. The van der Waals surface area contributed by atoms with Crippen molar-refractivity contribution >= 4 is 11.8 Å². The van der Waals surface area contributed by atoms with Crippen molar-refractivity contribution in [1.82, 2.24) is 4.90 Å². The van der Waals surface area contributed by atoms with Gasteiger partial charge in [0.25, 0.3) is 0 Å². The molecule has 0 radical (unpaired) electrons. The predicted octanol–water partition coefficient (Wildman–Crippen LogP) is 1.06. The van der Waals surface area contributed by atoms with Gasteiger partial charge in [-0.25, -0.2) is 0 Å². The number of amides is 2. The topological polar surface area (TPSA) is 72.6 Å². The van der Waals surface area contributed by atoms with Crippen LogP contribution in [0, 0.1) is 11.8 Å². The van der Waals surface area contributed by atoms with Gasteiger partial charge in [-0.15, -0.1) is 0 Å². The molecule has 2 atom stereocenters. The first-order valence-electron chi connectivity index (χ1n) is 7.83. The first-order valence-corrected chi connectivity index (χ1v) is 7.83. The molecule has 1 aliphatic heterocycles. The fourth-order valence-corrected chi connectivity index (χ4v) is 3.90. The number of carbonyl (C=O) groups is 2. The lowest BCUT2D eigenvalue weighted by molar-refractivity contribution is -0.165. The summed E-state index contributed by atoms with van der Waals surface area (Å²) < 4.78 is 6.01. The van der Waals surface area contributed by atoms with Crippen molar-refractivity contribution in [2.24, 2.45) is 17.6 Å². The molecule has 2 N–H and O–H groups in total. The molecular weight excluding hydrogens is 256 g/mol. The highest BCUT2D eigenvalue weighted by Gasteiger charge is 2.45. The molecule has 1 heterocycles. The Labute approximate surface area is 119 Å². The number of primary amides is 1. The number of rotatable bonds is 2. The number of carbonyl (C=O) groups excluding carboxylic acids is 2. The maximum atomic E-state index is 12.6. The fraction of sp³-hybridized carbons (Fsp3) is 0.867. The Morgan fingerprint density at radius 3 is 2.40 bits per heavy atom. The van der Waals surface area contributed by atoms with Crippen molar-refractivity contribution in [2.45, 2.75) is 50.5 Å². The fourth-order valence-electron chi connectivity index (χ4n) is 3.90. The van der Waals surface area contributed by atoms with Crippen molar-refractivity contribution in [3.05, 3.63) is 0 Å². The summed E-state index contributed by atoms with van der Waals surface area (Å²) in [4.78, 5) is 25.8. The van der Waals surface area contributed by atoms with E-state index in [4.69, 9.17) is 10.5 Å². The van der Waals surface area contributed by atoms with Gasteiger partial charge in [-0.2, -0.15) is 0 Å². The zero-order valence-corrected chi connectivity index (χ0v) is 12.0. The number of morpholine rings is 1. The van der Waals surface area contributed by atoms with Gasteiger partial charge in [0.2, 0.25) is 11.8 Å². The summed E-state index contributed by atoms with van der Waals surface area (Å²) in [6.07, 6.45) is 7.33. The molecule has 2 amide bonds. The summed E-state index contributed by atoms with van der Waals surface area (Å²) in [5.74, 6) is -0.623. The van der Waals surface area contributed by atoms with Crippen LogP contribution in [0.1, 0.15) is 44.9 Å². The van der Waals surface area contributed by atoms with E-state index in [0.29, 0.717) is 19.7 Å². The molecule has 0 aromatic heterocycles. The average molecular weight is 280 g/mol. The van der Waals surface area contributed by atoms with Gasteiger partial charge in [-0.3, -0.25) is 9.59 Å². The number of hydrogen-bond donors (Lipinski definition) is 1. The summed E-state index contributed by atoms with van der Waals surface area (Å²) in [5.41, 5.74) is 5.24. The van der Waals surface area contributed by atoms with Gasteiger partial charge in [0.1, 0.15) is 0 Å². The van der Waals surface area contributed by atoms with Crippen LogP contribution < -0.4 is 5.73 Å². The van der Waals surface area contributed by atoms with Crippen LogP contribution in [-0.4, -0.2) is 42.0 Å². The van der Waals surface area contributed by atoms with E-state index in [0.717, 1.165) is 25.7 Å². The van der Waals surface area contributed by atoms with E-state index in [1.165, 1.54) is 19.3 Å². The van der Waals surface area contributed by atoms with Crippen molar-refractivity contribution in [3.63, 3.8) is 0 Å². The van der Waals surface area contributed by atoms with Gasteiger partial charge in [0, 0.05) is 24.9 Å². The van der Waals surface area contributed by atoms with E-state index in [1.54, 1.807) is 0 Å². The summed E-state index contributed by atoms with van der Waals surface area (Å²) >= 11 is 0. The summed E-state index contributed by atoms with van der Waals surface area (Å²) in [5, 5.41) is 0. The Morgan fingerprint density at radius 1 is 1.10 bits per heavy atom. The second-order valence-electron chi connectivity index (χ2n) is 6.54. The van der Waals surface area contributed by atoms with Crippen LogP contribution in [0.3, 0.4) is 0 Å². The monoisotopic (exact) mass is 280 g/mol. The van der Waals surface area contributed by atoms with Gasteiger partial charge >= 0.3 is 0 Å². The van der Waals surface area contributed by atoms with E-state index in [2.05, 4.69) is 0 Å². The van der Waals surface area contributed by atoms with E-state index >= 15 is 0 Å². The summed E-state index contributed by atoms with van der Waals surface area (Å²) in [7, 11) is 0. The normalized spacial score (nSPS) is 32.7. The van der Waals surface area contributed by atoms with Crippen molar-refractivity contribution in [1.29, 1.82) is 0 Å². The molecule has 5 nitrogen and oxygen atoms in total. The number of hydrogen-bond acceptors (Lipinski definition) is 3. The maximum absolute atomic E-state index is 12.6. The van der Waals surface area contributed by atoms with Gasteiger partial charge in [-0.05, 0) is 25.7 Å².